The molecule has 0 aliphatic rings. The molecule has 4 heteroatoms. The Morgan fingerprint density at radius 2 is 1.86 bits per heavy atom. The first-order chi connectivity index (χ1) is 10.1. The Hall–Kier alpha value is -2.07. The molecule has 108 valence electrons. The van der Waals surface area contributed by atoms with Crippen molar-refractivity contribution in [1.29, 1.82) is 0 Å². The summed E-state index contributed by atoms with van der Waals surface area (Å²) in [5, 5.41) is 6.91. The molecule has 0 spiro atoms. The molecule has 3 rings (SSSR count). The zero-order valence-electron chi connectivity index (χ0n) is 12.5. The Bertz CT molecular complexity index is 754. The lowest BCUT2D eigenvalue weighted by atomic mass is 10.0. The standard InChI is InChI=1S/C17H19N3S/c1-11(2)14-15(16-12(3)9-10-21-16)19-20(17(14)18)13-7-5-4-6-8-13/h4-11H,18H2,1-3H3. The highest BCUT2D eigenvalue weighted by Gasteiger charge is 2.22. The smallest absolute Gasteiger partial charge is 0.131 e. The van der Waals surface area contributed by atoms with E-state index < -0.39 is 0 Å². The third-order valence-electron chi connectivity index (χ3n) is 3.61. The normalized spacial score (nSPS) is 11.2. The van der Waals surface area contributed by atoms with Crippen LogP contribution in [-0.4, -0.2) is 9.78 Å². The van der Waals surface area contributed by atoms with Gasteiger partial charge >= 0.3 is 0 Å². The van der Waals surface area contributed by atoms with Crippen LogP contribution in [0.25, 0.3) is 16.3 Å². The van der Waals surface area contributed by atoms with Crippen LogP contribution < -0.4 is 5.73 Å². The second-order valence-electron chi connectivity index (χ2n) is 5.48. The molecule has 0 saturated heterocycles. The minimum absolute atomic E-state index is 0.332. The maximum atomic E-state index is 6.40. The van der Waals surface area contributed by atoms with Crippen molar-refractivity contribution in [2.45, 2.75) is 26.7 Å². The molecular weight excluding hydrogens is 278 g/mol. The lowest BCUT2D eigenvalue weighted by molar-refractivity contribution is 0.868. The first-order valence-corrected chi connectivity index (χ1v) is 7.96. The maximum absolute atomic E-state index is 6.40. The van der Waals surface area contributed by atoms with Gasteiger partial charge in [0.15, 0.2) is 0 Å². The molecule has 3 nitrogen and oxygen atoms in total. The highest BCUT2D eigenvalue weighted by molar-refractivity contribution is 7.13. The number of benzene rings is 1. The summed E-state index contributed by atoms with van der Waals surface area (Å²) in [6.07, 6.45) is 0. The Kier molecular flexibility index (Phi) is 3.55. The van der Waals surface area contributed by atoms with E-state index in [1.54, 1.807) is 11.3 Å². The topological polar surface area (TPSA) is 43.8 Å². The fraction of sp³-hybridized carbons (Fsp3) is 0.235. The third-order valence-corrected chi connectivity index (χ3v) is 4.64. The van der Waals surface area contributed by atoms with Crippen LogP contribution in [0.1, 0.15) is 30.9 Å². The summed E-state index contributed by atoms with van der Waals surface area (Å²) in [6.45, 7) is 6.44. The van der Waals surface area contributed by atoms with Crippen LogP contribution in [0.5, 0.6) is 0 Å². The molecule has 0 fully saturated rings. The Labute approximate surface area is 129 Å². The molecule has 3 aromatic rings. The van der Waals surface area contributed by atoms with Crippen LogP contribution >= 0.6 is 11.3 Å². The van der Waals surface area contributed by atoms with Gasteiger partial charge in [-0.3, -0.25) is 0 Å². The second kappa shape index (κ2) is 5.37. The van der Waals surface area contributed by atoms with Crippen LogP contribution in [0.2, 0.25) is 0 Å². The summed E-state index contributed by atoms with van der Waals surface area (Å²) in [4.78, 5) is 1.21. The maximum Gasteiger partial charge on any atom is 0.131 e. The zero-order valence-corrected chi connectivity index (χ0v) is 13.3. The number of thiophene rings is 1. The number of anilines is 1. The Balaban J connectivity index is 2.24. The molecule has 0 atom stereocenters. The van der Waals surface area contributed by atoms with E-state index in [0.29, 0.717) is 5.92 Å². The number of aromatic nitrogens is 2. The van der Waals surface area contributed by atoms with Gasteiger partial charge in [-0.05, 0) is 42.0 Å². The van der Waals surface area contributed by atoms with E-state index >= 15 is 0 Å². The molecule has 0 amide bonds. The largest absolute Gasteiger partial charge is 0.383 e. The molecule has 1 aromatic carbocycles. The monoisotopic (exact) mass is 297 g/mol. The van der Waals surface area contributed by atoms with Crippen LogP contribution in [0, 0.1) is 6.92 Å². The number of nitrogens with two attached hydrogens (primary N) is 1. The van der Waals surface area contributed by atoms with Crippen molar-refractivity contribution in [3.63, 3.8) is 0 Å². The van der Waals surface area contributed by atoms with Gasteiger partial charge in [0.05, 0.1) is 10.6 Å². The number of para-hydroxylation sites is 1. The molecule has 0 radical (unpaired) electrons. The van der Waals surface area contributed by atoms with E-state index in [9.17, 15) is 0 Å². The Morgan fingerprint density at radius 1 is 1.14 bits per heavy atom. The number of nitrogens with zero attached hydrogens (tertiary/aromatic N) is 2. The first kappa shape index (κ1) is 13.9. The van der Waals surface area contributed by atoms with Gasteiger partial charge in [0, 0.05) is 5.56 Å². The van der Waals surface area contributed by atoms with Crippen molar-refractivity contribution in [1.82, 2.24) is 9.78 Å². The Morgan fingerprint density at radius 3 is 2.43 bits per heavy atom. The van der Waals surface area contributed by atoms with Crippen molar-refractivity contribution in [2.24, 2.45) is 0 Å². The minimum atomic E-state index is 0.332. The van der Waals surface area contributed by atoms with Crippen LogP contribution in [0.3, 0.4) is 0 Å². The first-order valence-electron chi connectivity index (χ1n) is 7.08. The highest BCUT2D eigenvalue weighted by atomic mass is 32.1. The lowest BCUT2D eigenvalue weighted by Crippen LogP contribution is -2.03. The van der Waals surface area contributed by atoms with Gasteiger partial charge in [-0.1, -0.05) is 32.0 Å². The molecule has 0 unspecified atom stereocenters. The fourth-order valence-electron chi connectivity index (χ4n) is 2.56. The summed E-state index contributed by atoms with van der Waals surface area (Å²) in [5.74, 6) is 1.07. The zero-order chi connectivity index (χ0) is 15.0. The van der Waals surface area contributed by atoms with Gasteiger partial charge in [-0.2, -0.15) is 5.10 Å². The van der Waals surface area contributed by atoms with Crippen molar-refractivity contribution < 1.29 is 0 Å². The van der Waals surface area contributed by atoms with Crippen LogP contribution in [0.15, 0.2) is 41.8 Å². The van der Waals surface area contributed by atoms with E-state index in [2.05, 4.69) is 32.2 Å². The van der Waals surface area contributed by atoms with Gasteiger partial charge in [0.2, 0.25) is 0 Å². The van der Waals surface area contributed by atoms with E-state index in [0.717, 1.165) is 22.8 Å². The van der Waals surface area contributed by atoms with Crippen LogP contribution in [-0.2, 0) is 0 Å². The molecule has 0 aliphatic carbocycles. The molecule has 0 aliphatic heterocycles. The lowest BCUT2D eigenvalue weighted by Gasteiger charge is -2.07. The quantitative estimate of drug-likeness (QED) is 0.767. The van der Waals surface area contributed by atoms with Gasteiger partial charge in [0.1, 0.15) is 11.5 Å². The number of hydrogen-bond acceptors (Lipinski definition) is 3. The average Bonchev–Trinajstić information content (AvgIpc) is 3.03. The highest BCUT2D eigenvalue weighted by Crippen LogP contribution is 2.38. The predicted molar refractivity (Wildman–Crippen MR) is 90.1 cm³/mol. The van der Waals surface area contributed by atoms with Crippen molar-refractivity contribution >= 4 is 17.2 Å². The predicted octanol–water partition coefficient (Wildman–Crippen LogP) is 4.61. The van der Waals surface area contributed by atoms with Crippen molar-refractivity contribution in [3.8, 4) is 16.3 Å². The molecule has 21 heavy (non-hydrogen) atoms. The number of rotatable bonds is 3. The van der Waals surface area contributed by atoms with Gasteiger partial charge in [-0.15, -0.1) is 11.3 Å². The number of hydrogen-bond donors (Lipinski definition) is 1. The SMILES string of the molecule is Cc1ccsc1-c1nn(-c2ccccc2)c(N)c1C(C)C. The van der Waals surface area contributed by atoms with Crippen molar-refractivity contribution in [3.05, 3.63) is 52.9 Å². The van der Waals surface area contributed by atoms with E-state index in [-0.39, 0.29) is 0 Å². The van der Waals surface area contributed by atoms with E-state index in [1.165, 1.54) is 10.4 Å². The molecular formula is C17H19N3S. The minimum Gasteiger partial charge on any atom is -0.383 e. The number of nitrogen functional groups attached to an aromatic ring is 1. The summed E-state index contributed by atoms with van der Waals surface area (Å²) in [5.41, 5.74) is 10.8. The number of aryl methyl sites for hydroxylation is 1. The summed E-state index contributed by atoms with van der Waals surface area (Å²) < 4.78 is 1.85. The fourth-order valence-corrected chi connectivity index (χ4v) is 3.49. The molecule has 2 aromatic heterocycles. The van der Waals surface area contributed by atoms with Gasteiger partial charge < -0.3 is 5.73 Å². The summed E-state index contributed by atoms with van der Waals surface area (Å²) in [6, 6.07) is 12.2. The molecule has 0 bridgehead atoms. The molecule has 2 N–H and O–H groups in total. The van der Waals surface area contributed by atoms with E-state index in [4.69, 9.17) is 10.8 Å². The molecule has 2 heterocycles. The van der Waals surface area contributed by atoms with Gasteiger partial charge in [0.25, 0.3) is 0 Å². The molecule has 0 saturated carbocycles. The van der Waals surface area contributed by atoms with E-state index in [1.807, 2.05) is 35.0 Å². The van der Waals surface area contributed by atoms with Crippen LogP contribution in [0.4, 0.5) is 5.82 Å². The average molecular weight is 297 g/mol. The third kappa shape index (κ3) is 2.36. The van der Waals surface area contributed by atoms with Gasteiger partial charge in [-0.25, -0.2) is 4.68 Å². The summed E-state index contributed by atoms with van der Waals surface area (Å²) >= 11 is 1.72. The summed E-state index contributed by atoms with van der Waals surface area (Å²) in [7, 11) is 0. The second-order valence-corrected chi connectivity index (χ2v) is 6.40. The van der Waals surface area contributed by atoms with Crippen molar-refractivity contribution in [2.75, 3.05) is 5.73 Å².